The molecule has 0 saturated carbocycles. The SMILES string of the molecule is CCO[Si](OCC)(OCC)C(CC)OC(=O)C(C)=CI. The maximum atomic E-state index is 12.0. The van der Waals surface area contributed by atoms with E-state index in [0.717, 1.165) is 0 Å². The summed E-state index contributed by atoms with van der Waals surface area (Å²) in [6.07, 6.45) is 0.590. The van der Waals surface area contributed by atoms with Gasteiger partial charge in [-0.05, 0) is 38.2 Å². The molecule has 1 atom stereocenters. The van der Waals surface area contributed by atoms with Crippen molar-refractivity contribution in [2.75, 3.05) is 19.8 Å². The van der Waals surface area contributed by atoms with Crippen LogP contribution in [0.4, 0.5) is 0 Å². The van der Waals surface area contributed by atoms with Crippen LogP contribution in [0.2, 0.25) is 0 Å². The summed E-state index contributed by atoms with van der Waals surface area (Å²) in [4.78, 5) is 12.0. The lowest BCUT2D eigenvalue weighted by Gasteiger charge is -2.34. The first-order valence-corrected chi connectivity index (χ1v) is 9.95. The Hall–Kier alpha value is 0.0369. The van der Waals surface area contributed by atoms with E-state index in [1.54, 1.807) is 11.0 Å². The van der Waals surface area contributed by atoms with E-state index >= 15 is 0 Å². The Morgan fingerprint density at radius 1 is 1.10 bits per heavy atom. The standard InChI is InChI=1S/C13H25IO5Si/c1-6-12(19-13(15)11(5)10-14)20(16-7-2,17-8-3)18-9-4/h10,12H,6-9H2,1-5H3. The highest BCUT2D eigenvalue weighted by molar-refractivity contribution is 14.1. The zero-order valence-electron chi connectivity index (χ0n) is 12.9. The van der Waals surface area contributed by atoms with Crippen LogP contribution in [0, 0.1) is 0 Å². The Morgan fingerprint density at radius 2 is 1.55 bits per heavy atom. The molecule has 20 heavy (non-hydrogen) atoms. The smallest absolute Gasteiger partial charge is 0.454 e. The fraction of sp³-hybridized carbons (Fsp3) is 0.769. The van der Waals surface area contributed by atoms with Crippen LogP contribution in [0.25, 0.3) is 0 Å². The number of ether oxygens (including phenoxy) is 1. The van der Waals surface area contributed by atoms with Gasteiger partial charge in [-0.3, -0.25) is 0 Å². The molecule has 118 valence electrons. The van der Waals surface area contributed by atoms with Crippen LogP contribution in [0.1, 0.15) is 41.0 Å². The minimum absolute atomic E-state index is 0.359. The molecule has 0 heterocycles. The Balaban J connectivity index is 5.19. The summed E-state index contributed by atoms with van der Waals surface area (Å²) < 4.78 is 24.6. The van der Waals surface area contributed by atoms with Crippen LogP contribution in [-0.4, -0.2) is 40.3 Å². The lowest BCUT2D eigenvalue weighted by molar-refractivity contribution is -0.144. The molecular weight excluding hydrogens is 391 g/mol. The first kappa shape index (κ1) is 20.0. The first-order chi connectivity index (χ1) is 9.51. The summed E-state index contributed by atoms with van der Waals surface area (Å²) >= 11 is 2.01. The predicted molar refractivity (Wildman–Crippen MR) is 88.6 cm³/mol. The average Bonchev–Trinajstić information content (AvgIpc) is 2.44. The van der Waals surface area contributed by atoms with Gasteiger partial charge in [0.25, 0.3) is 0 Å². The molecule has 0 aromatic rings. The second-order valence-corrected chi connectivity index (χ2v) is 7.34. The van der Waals surface area contributed by atoms with Crippen LogP contribution in [0.3, 0.4) is 0 Å². The number of halogens is 1. The Kier molecular flexibility index (Phi) is 10.7. The van der Waals surface area contributed by atoms with Crippen molar-refractivity contribution >= 4 is 37.4 Å². The van der Waals surface area contributed by atoms with Gasteiger partial charge in [0.05, 0.1) is 0 Å². The van der Waals surface area contributed by atoms with Crippen molar-refractivity contribution < 1.29 is 22.8 Å². The fourth-order valence-corrected chi connectivity index (χ4v) is 4.70. The molecule has 0 amide bonds. The maximum Gasteiger partial charge on any atom is 0.544 e. The molecule has 0 aromatic heterocycles. The van der Waals surface area contributed by atoms with Gasteiger partial charge in [0.1, 0.15) is 0 Å². The second kappa shape index (κ2) is 10.7. The Morgan fingerprint density at radius 3 is 1.85 bits per heavy atom. The van der Waals surface area contributed by atoms with Crippen LogP contribution < -0.4 is 0 Å². The van der Waals surface area contributed by atoms with Gasteiger partial charge in [-0.25, -0.2) is 4.79 Å². The van der Waals surface area contributed by atoms with Gasteiger partial charge >= 0.3 is 14.8 Å². The van der Waals surface area contributed by atoms with Crippen molar-refractivity contribution in [2.24, 2.45) is 0 Å². The van der Waals surface area contributed by atoms with Crippen LogP contribution >= 0.6 is 22.6 Å². The molecule has 1 unspecified atom stereocenters. The first-order valence-electron chi connectivity index (χ1n) is 6.90. The molecule has 7 heteroatoms. The molecule has 0 bridgehead atoms. The summed E-state index contributed by atoms with van der Waals surface area (Å²) in [5.74, 6) is -0.359. The third-order valence-corrected chi connectivity index (χ3v) is 6.86. The van der Waals surface area contributed by atoms with E-state index in [1.165, 1.54) is 0 Å². The average molecular weight is 416 g/mol. The van der Waals surface area contributed by atoms with E-state index in [9.17, 15) is 4.79 Å². The molecule has 5 nitrogen and oxygen atoms in total. The summed E-state index contributed by atoms with van der Waals surface area (Å²) in [7, 11) is -3.02. The fourth-order valence-electron chi connectivity index (χ4n) is 1.68. The molecule has 0 fully saturated rings. The van der Waals surface area contributed by atoms with Gasteiger partial charge in [0.15, 0.2) is 5.73 Å². The van der Waals surface area contributed by atoms with Crippen molar-refractivity contribution in [1.82, 2.24) is 0 Å². The third-order valence-electron chi connectivity index (χ3n) is 2.54. The highest BCUT2D eigenvalue weighted by Crippen LogP contribution is 2.22. The molecule has 0 radical (unpaired) electrons. The molecule has 0 rings (SSSR count). The molecule has 0 spiro atoms. The van der Waals surface area contributed by atoms with Crippen molar-refractivity contribution in [2.45, 2.75) is 46.8 Å². The van der Waals surface area contributed by atoms with Crippen molar-refractivity contribution in [3.05, 3.63) is 9.66 Å². The summed E-state index contributed by atoms with van der Waals surface area (Å²) in [5.41, 5.74) is 0.0672. The van der Waals surface area contributed by atoms with E-state index in [0.29, 0.717) is 31.8 Å². The van der Waals surface area contributed by atoms with Crippen LogP contribution in [0.15, 0.2) is 9.66 Å². The predicted octanol–water partition coefficient (Wildman–Crippen LogP) is 3.23. The zero-order chi connectivity index (χ0) is 15.6. The monoisotopic (exact) mass is 416 g/mol. The van der Waals surface area contributed by atoms with Gasteiger partial charge in [0, 0.05) is 25.4 Å². The molecule has 0 N–H and O–H groups in total. The van der Waals surface area contributed by atoms with Crippen molar-refractivity contribution in [3.8, 4) is 0 Å². The van der Waals surface area contributed by atoms with Gasteiger partial charge in [-0.15, -0.1) is 0 Å². The van der Waals surface area contributed by atoms with Gasteiger partial charge in [-0.2, -0.15) is 0 Å². The molecular formula is C13H25IO5Si. The van der Waals surface area contributed by atoms with Crippen LogP contribution in [0.5, 0.6) is 0 Å². The normalized spacial score (nSPS) is 14.2. The largest absolute Gasteiger partial charge is 0.544 e. The van der Waals surface area contributed by atoms with Crippen LogP contribution in [-0.2, 0) is 22.8 Å². The number of carbonyl (C=O) groups is 1. The van der Waals surface area contributed by atoms with E-state index in [2.05, 4.69) is 0 Å². The number of hydrogen-bond donors (Lipinski definition) is 0. The Labute approximate surface area is 136 Å². The molecule has 0 aliphatic rings. The quantitative estimate of drug-likeness (QED) is 0.237. The second-order valence-electron chi connectivity index (χ2n) is 4.00. The number of esters is 1. The Bertz CT molecular complexity index is 305. The van der Waals surface area contributed by atoms with Crippen molar-refractivity contribution in [1.29, 1.82) is 0 Å². The minimum Gasteiger partial charge on any atom is -0.454 e. The number of carbonyl (C=O) groups excluding carboxylic acids is 1. The van der Waals surface area contributed by atoms with E-state index in [-0.39, 0.29) is 5.97 Å². The summed E-state index contributed by atoms with van der Waals surface area (Å²) in [6.45, 7) is 10.7. The molecule has 0 aliphatic heterocycles. The highest BCUT2D eigenvalue weighted by atomic mass is 127. The number of rotatable bonds is 10. The molecule has 0 aliphatic carbocycles. The molecule has 0 aromatic carbocycles. The van der Waals surface area contributed by atoms with Gasteiger partial charge < -0.3 is 18.0 Å². The maximum absolute atomic E-state index is 12.0. The molecule has 0 saturated heterocycles. The summed E-state index contributed by atoms with van der Waals surface area (Å²) in [6, 6.07) is 0. The van der Waals surface area contributed by atoms with Crippen molar-refractivity contribution in [3.63, 3.8) is 0 Å². The number of hydrogen-bond acceptors (Lipinski definition) is 5. The van der Waals surface area contributed by atoms with E-state index < -0.39 is 14.5 Å². The van der Waals surface area contributed by atoms with Gasteiger partial charge in [-0.1, -0.05) is 29.5 Å². The van der Waals surface area contributed by atoms with E-state index in [1.807, 2.05) is 50.3 Å². The lowest BCUT2D eigenvalue weighted by Crippen LogP contribution is -2.58. The summed E-state index contributed by atoms with van der Waals surface area (Å²) in [5, 5.41) is 0. The topological polar surface area (TPSA) is 54.0 Å². The van der Waals surface area contributed by atoms with Gasteiger partial charge in [0.2, 0.25) is 0 Å². The zero-order valence-corrected chi connectivity index (χ0v) is 16.1. The van der Waals surface area contributed by atoms with E-state index in [4.69, 9.17) is 18.0 Å². The third kappa shape index (κ3) is 5.80. The highest BCUT2D eigenvalue weighted by Gasteiger charge is 2.51. The lowest BCUT2D eigenvalue weighted by atomic mass is 10.4. The minimum atomic E-state index is -3.02.